The molecule has 0 saturated carbocycles. The lowest BCUT2D eigenvalue weighted by atomic mass is 10.00. The summed E-state index contributed by atoms with van der Waals surface area (Å²) in [6, 6.07) is 12.9. The molecule has 160 valence electrons. The molecule has 6 nitrogen and oxygen atoms in total. The molecule has 30 heavy (non-hydrogen) atoms. The Hall–Kier alpha value is -2.31. The molecule has 0 radical (unpaired) electrons. The maximum Gasteiger partial charge on any atom is 0.191 e. The van der Waals surface area contributed by atoms with Gasteiger partial charge in [0.2, 0.25) is 0 Å². The van der Waals surface area contributed by atoms with Gasteiger partial charge in [0, 0.05) is 58.6 Å². The van der Waals surface area contributed by atoms with E-state index in [9.17, 15) is 0 Å². The predicted molar refractivity (Wildman–Crippen MR) is 124 cm³/mol. The minimum absolute atomic E-state index is 0.341. The van der Waals surface area contributed by atoms with Gasteiger partial charge in [0.15, 0.2) is 5.96 Å². The highest BCUT2D eigenvalue weighted by Gasteiger charge is 2.25. The predicted octanol–water partition coefficient (Wildman–Crippen LogP) is 2.93. The summed E-state index contributed by atoms with van der Waals surface area (Å²) in [5.74, 6) is 1.74. The molecule has 1 aromatic heterocycles. The van der Waals surface area contributed by atoms with Crippen LogP contribution in [0.1, 0.15) is 24.0 Å². The number of hydrogen-bond acceptors (Lipinski definition) is 4. The van der Waals surface area contributed by atoms with Crippen molar-refractivity contribution in [3.05, 3.63) is 58.7 Å². The first-order chi connectivity index (χ1) is 14.7. The Morgan fingerprint density at radius 1 is 1.20 bits per heavy atom. The Labute approximate surface area is 184 Å². The second kappa shape index (κ2) is 10.1. The second-order valence-electron chi connectivity index (χ2n) is 8.03. The molecule has 0 amide bonds. The molecule has 4 rings (SSSR count). The van der Waals surface area contributed by atoms with E-state index in [-0.39, 0.29) is 0 Å². The van der Waals surface area contributed by atoms with Gasteiger partial charge in [-0.25, -0.2) is 4.98 Å². The number of guanidine groups is 1. The minimum Gasteiger partial charge on any atom is -0.356 e. The van der Waals surface area contributed by atoms with Crippen LogP contribution >= 0.6 is 11.6 Å². The van der Waals surface area contributed by atoms with E-state index in [1.165, 1.54) is 11.1 Å². The summed E-state index contributed by atoms with van der Waals surface area (Å²) in [5, 5.41) is 7.73. The van der Waals surface area contributed by atoms with Crippen molar-refractivity contribution in [1.29, 1.82) is 0 Å². The number of pyridine rings is 1. The van der Waals surface area contributed by atoms with E-state index in [0.717, 1.165) is 70.3 Å². The van der Waals surface area contributed by atoms with Gasteiger partial charge in [-0.1, -0.05) is 35.9 Å². The van der Waals surface area contributed by atoms with Crippen molar-refractivity contribution in [2.24, 2.45) is 4.99 Å². The van der Waals surface area contributed by atoms with Crippen molar-refractivity contribution in [2.45, 2.75) is 31.8 Å². The summed E-state index contributed by atoms with van der Waals surface area (Å²) in [6.07, 6.45) is 5.10. The van der Waals surface area contributed by atoms with Crippen LogP contribution in [0.4, 0.5) is 5.82 Å². The zero-order chi connectivity index (χ0) is 20.8. The highest BCUT2D eigenvalue weighted by molar-refractivity contribution is 6.32. The van der Waals surface area contributed by atoms with E-state index in [1.54, 1.807) is 6.20 Å². The number of nitrogens with one attached hydrogen (secondary N) is 2. The van der Waals surface area contributed by atoms with Crippen LogP contribution < -0.4 is 15.5 Å². The lowest BCUT2D eigenvalue weighted by molar-refractivity contribution is 0.251. The summed E-state index contributed by atoms with van der Waals surface area (Å²) in [4.78, 5) is 13.6. The Balaban J connectivity index is 1.18. The fraction of sp³-hybridized carbons (Fsp3) is 0.478. The largest absolute Gasteiger partial charge is 0.356 e. The zero-order valence-electron chi connectivity index (χ0n) is 17.6. The van der Waals surface area contributed by atoms with Crippen molar-refractivity contribution in [2.75, 3.05) is 44.7 Å². The van der Waals surface area contributed by atoms with Gasteiger partial charge in [0.25, 0.3) is 0 Å². The third-order valence-electron chi connectivity index (χ3n) is 5.94. The number of aromatic nitrogens is 1. The molecule has 3 heterocycles. The van der Waals surface area contributed by atoms with Crippen molar-refractivity contribution in [3.8, 4) is 0 Å². The van der Waals surface area contributed by atoms with Gasteiger partial charge in [-0.15, -0.1) is 0 Å². The fourth-order valence-electron chi connectivity index (χ4n) is 4.32. The maximum absolute atomic E-state index is 6.30. The van der Waals surface area contributed by atoms with Crippen molar-refractivity contribution in [1.82, 2.24) is 20.5 Å². The summed E-state index contributed by atoms with van der Waals surface area (Å²) in [7, 11) is 1.83. The van der Waals surface area contributed by atoms with Crippen LogP contribution in [-0.4, -0.2) is 61.7 Å². The summed E-state index contributed by atoms with van der Waals surface area (Å²) >= 11 is 6.30. The molecular weight excluding hydrogens is 396 g/mol. The van der Waals surface area contributed by atoms with Gasteiger partial charge in [-0.3, -0.25) is 9.89 Å². The van der Waals surface area contributed by atoms with Crippen LogP contribution in [0.25, 0.3) is 0 Å². The van der Waals surface area contributed by atoms with Crippen LogP contribution in [0.3, 0.4) is 0 Å². The summed E-state index contributed by atoms with van der Waals surface area (Å²) in [6.45, 7) is 6.07. The van der Waals surface area contributed by atoms with Crippen LogP contribution in [-0.2, 0) is 13.0 Å². The minimum atomic E-state index is 0.341. The number of fused-ring (bicyclic) bond motifs is 1. The van der Waals surface area contributed by atoms with Crippen molar-refractivity contribution < 1.29 is 0 Å². The molecule has 1 atom stereocenters. The number of halogens is 1. The Morgan fingerprint density at radius 3 is 2.90 bits per heavy atom. The lowest BCUT2D eigenvalue weighted by Crippen LogP contribution is -2.45. The van der Waals surface area contributed by atoms with Gasteiger partial charge in [0.1, 0.15) is 5.82 Å². The number of benzene rings is 1. The first-order valence-electron chi connectivity index (χ1n) is 10.8. The van der Waals surface area contributed by atoms with Crippen LogP contribution in [0.2, 0.25) is 5.02 Å². The number of nitrogens with zero attached hydrogens (tertiary/aromatic N) is 4. The molecule has 2 aliphatic heterocycles. The first-order valence-corrected chi connectivity index (χ1v) is 11.2. The molecule has 0 bridgehead atoms. The van der Waals surface area contributed by atoms with E-state index in [0.29, 0.717) is 11.1 Å². The molecule has 1 fully saturated rings. The van der Waals surface area contributed by atoms with Gasteiger partial charge < -0.3 is 15.5 Å². The van der Waals surface area contributed by atoms with Gasteiger partial charge in [-0.2, -0.15) is 0 Å². The van der Waals surface area contributed by atoms with Crippen LogP contribution in [0.5, 0.6) is 0 Å². The highest BCUT2D eigenvalue weighted by atomic mass is 35.5. The Bertz CT molecular complexity index is 870. The molecule has 0 spiro atoms. The molecule has 0 aliphatic carbocycles. The average molecular weight is 427 g/mol. The number of hydrogen-bond donors (Lipinski definition) is 2. The van der Waals surface area contributed by atoms with Crippen molar-refractivity contribution >= 4 is 23.4 Å². The van der Waals surface area contributed by atoms with Gasteiger partial charge >= 0.3 is 0 Å². The number of aliphatic imine (C=N–C) groups is 1. The monoisotopic (exact) mass is 426 g/mol. The average Bonchev–Trinajstić information content (AvgIpc) is 3.24. The third-order valence-corrected chi connectivity index (χ3v) is 6.24. The summed E-state index contributed by atoms with van der Waals surface area (Å²) in [5.41, 5.74) is 2.99. The molecule has 2 aliphatic rings. The Morgan fingerprint density at radius 2 is 2.07 bits per heavy atom. The molecule has 1 saturated heterocycles. The van der Waals surface area contributed by atoms with Gasteiger partial charge in [-0.05, 0) is 42.5 Å². The normalized spacial score (nSPS) is 19.6. The molecule has 2 aromatic rings. The van der Waals surface area contributed by atoms with Crippen LogP contribution in [0.15, 0.2) is 47.6 Å². The van der Waals surface area contributed by atoms with E-state index in [1.807, 2.05) is 19.2 Å². The quantitative estimate of drug-likeness (QED) is 0.422. The van der Waals surface area contributed by atoms with Gasteiger partial charge in [0.05, 0.1) is 5.02 Å². The van der Waals surface area contributed by atoms with Crippen molar-refractivity contribution in [3.63, 3.8) is 0 Å². The summed E-state index contributed by atoms with van der Waals surface area (Å²) < 4.78 is 0. The smallest absolute Gasteiger partial charge is 0.191 e. The molecular formula is C23H31ClN6. The standard InChI is InChI=1S/C23H31ClN6/c1-25-23(28-20-10-15-30(17-20)22-21(24)8-4-11-26-22)27-12-5-13-29-14-9-18-6-2-3-7-19(18)16-29/h2-4,6-8,11,20H,5,9-10,12-17H2,1H3,(H2,25,27,28). The molecule has 1 aromatic carbocycles. The van der Waals surface area contributed by atoms with E-state index < -0.39 is 0 Å². The molecule has 7 heteroatoms. The van der Waals surface area contributed by atoms with E-state index in [4.69, 9.17) is 11.6 Å². The second-order valence-corrected chi connectivity index (χ2v) is 8.44. The van der Waals surface area contributed by atoms with Crippen LogP contribution in [0, 0.1) is 0 Å². The SMILES string of the molecule is CN=C(NCCCN1CCc2ccccc2C1)NC1CCN(c2ncccc2Cl)C1. The first kappa shape index (κ1) is 20.9. The van der Waals surface area contributed by atoms with E-state index in [2.05, 4.69) is 54.7 Å². The molecule has 1 unspecified atom stereocenters. The number of anilines is 1. The Kier molecular flexibility index (Phi) is 7.07. The maximum atomic E-state index is 6.30. The van der Waals surface area contributed by atoms with E-state index >= 15 is 0 Å². The third kappa shape index (κ3) is 5.24. The lowest BCUT2D eigenvalue weighted by Gasteiger charge is -2.28. The topological polar surface area (TPSA) is 55.8 Å². The zero-order valence-corrected chi connectivity index (χ0v) is 18.4. The number of rotatable bonds is 6. The molecule has 2 N–H and O–H groups in total. The highest BCUT2D eigenvalue weighted by Crippen LogP contribution is 2.25. The fourth-order valence-corrected chi connectivity index (χ4v) is 4.56.